The lowest BCUT2D eigenvalue weighted by Crippen LogP contribution is -2.24. The lowest BCUT2D eigenvalue weighted by atomic mass is 9.72. The lowest BCUT2D eigenvalue weighted by molar-refractivity contribution is 0.228. The van der Waals surface area contributed by atoms with E-state index in [9.17, 15) is 8.42 Å². The van der Waals surface area contributed by atoms with E-state index in [0.717, 1.165) is 19.1 Å². The minimum atomic E-state index is -3.39. The molecular weight excluding hydrogens is 316 g/mol. The fourth-order valence-electron chi connectivity index (χ4n) is 3.08. The molecule has 3 rings (SSSR count). The van der Waals surface area contributed by atoms with Crippen LogP contribution in [0.3, 0.4) is 0 Å². The largest absolute Gasteiger partial charge is 0.441 e. The second-order valence-corrected chi connectivity index (χ2v) is 8.15. The van der Waals surface area contributed by atoms with Gasteiger partial charge in [0.1, 0.15) is 0 Å². The molecule has 0 aromatic carbocycles. The highest BCUT2D eigenvalue weighted by Crippen LogP contribution is 2.40. The van der Waals surface area contributed by atoms with Crippen LogP contribution in [0, 0.1) is 5.41 Å². The van der Waals surface area contributed by atoms with Crippen molar-refractivity contribution in [1.29, 1.82) is 0 Å². The zero-order valence-electron chi connectivity index (χ0n) is 13.1. The molecule has 0 spiro atoms. The summed E-state index contributed by atoms with van der Waals surface area (Å²) in [5.74, 6) is 1.08. The Morgan fingerprint density at radius 3 is 2.65 bits per heavy atom. The van der Waals surface area contributed by atoms with E-state index >= 15 is 0 Å². The van der Waals surface area contributed by atoms with Gasteiger partial charge in [-0.05, 0) is 30.4 Å². The van der Waals surface area contributed by atoms with E-state index in [1.807, 2.05) is 6.08 Å². The quantitative estimate of drug-likeness (QED) is 0.778. The second-order valence-electron chi connectivity index (χ2n) is 6.21. The van der Waals surface area contributed by atoms with Crippen LogP contribution in [0.4, 0.5) is 0 Å². The molecule has 124 valence electrons. The second kappa shape index (κ2) is 5.96. The Morgan fingerprint density at radius 1 is 1.30 bits per heavy atom. The molecule has 0 radical (unpaired) electrons. The molecule has 0 atom stereocenters. The number of hydrogen-bond acceptors (Lipinski definition) is 6. The van der Waals surface area contributed by atoms with Crippen LogP contribution in [0.2, 0.25) is 0 Å². The monoisotopic (exact) mass is 336 g/mol. The highest BCUT2D eigenvalue weighted by Gasteiger charge is 2.31. The van der Waals surface area contributed by atoms with E-state index < -0.39 is 9.84 Å². The molecule has 2 aromatic rings. The van der Waals surface area contributed by atoms with Crippen LogP contribution < -0.4 is 0 Å². The van der Waals surface area contributed by atoms with E-state index in [0.29, 0.717) is 12.3 Å². The first-order valence-corrected chi connectivity index (χ1v) is 9.57. The van der Waals surface area contributed by atoms with Crippen molar-refractivity contribution in [2.45, 2.75) is 43.6 Å². The molecular formula is C16H20N2O4S. The van der Waals surface area contributed by atoms with Crippen LogP contribution in [-0.4, -0.2) is 24.8 Å². The van der Waals surface area contributed by atoms with Gasteiger partial charge >= 0.3 is 0 Å². The van der Waals surface area contributed by atoms with Crippen LogP contribution in [0.1, 0.15) is 38.0 Å². The van der Waals surface area contributed by atoms with Crippen LogP contribution in [0.15, 0.2) is 38.8 Å². The normalized spacial score (nSPS) is 18.0. The van der Waals surface area contributed by atoms with Crippen LogP contribution in [0.5, 0.6) is 0 Å². The summed E-state index contributed by atoms with van der Waals surface area (Å²) in [5, 5.41) is 3.80. The summed E-state index contributed by atoms with van der Waals surface area (Å²) in [6, 6.07) is 2.93. The first-order chi connectivity index (χ1) is 10.9. The molecule has 0 unspecified atom stereocenters. The Labute approximate surface area is 135 Å². The third-order valence-electron chi connectivity index (χ3n) is 4.42. The summed E-state index contributed by atoms with van der Waals surface area (Å²) in [6.45, 7) is 3.97. The third kappa shape index (κ3) is 3.39. The molecule has 0 saturated heterocycles. The highest BCUT2D eigenvalue weighted by molar-refractivity contribution is 7.90. The maximum absolute atomic E-state index is 11.5. The van der Waals surface area contributed by atoms with Crippen LogP contribution >= 0.6 is 0 Å². The van der Waals surface area contributed by atoms with Crippen molar-refractivity contribution in [1.82, 2.24) is 10.1 Å². The van der Waals surface area contributed by atoms with E-state index in [1.165, 1.54) is 31.4 Å². The standard InChI is InChI=1S/C16H20N2O4S/c1-3-16(9-5-4-6-10-16)11-13-17-15(18-22-13)12-7-8-14(21-12)23(2,19)20/h3,7-8H,1,4-6,9-11H2,2H3. The molecule has 7 heteroatoms. The maximum Gasteiger partial charge on any atom is 0.238 e. The summed E-state index contributed by atoms with van der Waals surface area (Å²) < 4.78 is 33.5. The van der Waals surface area contributed by atoms with Gasteiger partial charge in [0.15, 0.2) is 5.76 Å². The summed E-state index contributed by atoms with van der Waals surface area (Å²) in [7, 11) is -3.39. The first-order valence-electron chi connectivity index (χ1n) is 7.68. The van der Waals surface area contributed by atoms with Crippen molar-refractivity contribution in [3.8, 4) is 11.6 Å². The van der Waals surface area contributed by atoms with Gasteiger partial charge < -0.3 is 8.94 Å². The van der Waals surface area contributed by atoms with Gasteiger partial charge in [-0.25, -0.2) is 8.42 Å². The van der Waals surface area contributed by atoms with E-state index in [-0.39, 0.29) is 22.1 Å². The zero-order chi connectivity index (χ0) is 16.5. The SMILES string of the molecule is C=CC1(Cc2nc(-c3ccc(S(C)(=O)=O)o3)no2)CCCCC1. The molecule has 1 saturated carbocycles. The molecule has 0 bridgehead atoms. The van der Waals surface area contributed by atoms with E-state index in [4.69, 9.17) is 8.94 Å². The topological polar surface area (TPSA) is 86.2 Å². The van der Waals surface area contributed by atoms with Crippen LogP contribution in [-0.2, 0) is 16.3 Å². The molecule has 2 heterocycles. The fraction of sp³-hybridized carbons (Fsp3) is 0.500. The molecule has 1 fully saturated rings. The number of rotatable bonds is 5. The highest BCUT2D eigenvalue weighted by atomic mass is 32.2. The van der Waals surface area contributed by atoms with Gasteiger partial charge in [0, 0.05) is 12.7 Å². The minimum absolute atomic E-state index is 0.0170. The zero-order valence-corrected chi connectivity index (χ0v) is 13.9. The number of aromatic nitrogens is 2. The molecule has 2 aromatic heterocycles. The van der Waals surface area contributed by atoms with Crippen LogP contribution in [0.25, 0.3) is 11.6 Å². The predicted octanol–water partition coefficient (Wildman–Crippen LogP) is 3.41. The van der Waals surface area contributed by atoms with Gasteiger partial charge in [0.2, 0.25) is 26.6 Å². The van der Waals surface area contributed by atoms with E-state index in [2.05, 4.69) is 16.7 Å². The van der Waals surface area contributed by atoms with Crippen molar-refractivity contribution in [2.24, 2.45) is 5.41 Å². The van der Waals surface area contributed by atoms with Crippen molar-refractivity contribution < 1.29 is 17.4 Å². The lowest BCUT2D eigenvalue weighted by Gasteiger charge is -2.33. The molecule has 23 heavy (non-hydrogen) atoms. The predicted molar refractivity (Wildman–Crippen MR) is 84.5 cm³/mol. The molecule has 1 aliphatic rings. The molecule has 0 N–H and O–H groups in total. The summed E-state index contributed by atoms with van der Waals surface area (Å²) >= 11 is 0. The Morgan fingerprint density at radius 2 is 2.04 bits per heavy atom. The van der Waals surface area contributed by atoms with Gasteiger partial charge in [-0.1, -0.05) is 30.5 Å². The average Bonchev–Trinajstić information content (AvgIpc) is 3.16. The summed E-state index contributed by atoms with van der Waals surface area (Å²) in [5.41, 5.74) is 0.0170. The Bertz CT molecular complexity index is 798. The summed E-state index contributed by atoms with van der Waals surface area (Å²) in [6.07, 6.45) is 9.53. The van der Waals surface area contributed by atoms with Crippen molar-refractivity contribution in [3.63, 3.8) is 0 Å². The number of hydrogen-bond donors (Lipinski definition) is 0. The molecule has 1 aliphatic carbocycles. The molecule has 0 amide bonds. The number of sulfone groups is 1. The van der Waals surface area contributed by atoms with Gasteiger partial charge in [0.05, 0.1) is 0 Å². The van der Waals surface area contributed by atoms with Gasteiger partial charge in [-0.2, -0.15) is 4.98 Å². The van der Waals surface area contributed by atoms with Crippen molar-refractivity contribution in [2.75, 3.05) is 6.26 Å². The fourth-order valence-corrected chi connectivity index (χ4v) is 3.63. The van der Waals surface area contributed by atoms with Crippen molar-refractivity contribution >= 4 is 9.84 Å². The molecule has 0 aliphatic heterocycles. The van der Waals surface area contributed by atoms with E-state index in [1.54, 1.807) is 0 Å². The third-order valence-corrected chi connectivity index (χ3v) is 5.37. The Kier molecular flexibility index (Phi) is 4.14. The number of allylic oxidation sites excluding steroid dienone is 1. The molecule has 6 nitrogen and oxygen atoms in total. The van der Waals surface area contributed by atoms with Gasteiger partial charge in [-0.3, -0.25) is 0 Å². The van der Waals surface area contributed by atoms with Gasteiger partial charge in [-0.15, -0.1) is 6.58 Å². The number of nitrogens with zero attached hydrogens (tertiary/aromatic N) is 2. The maximum atomic E-state index is 11.5. The minimum Gasteiger partial charge on any atom is -0.441 e. The number of furan rings is 1. The smallest absolute Gasteiger partial charge is 0.238 e. The first kappa shape index (κ1) is 16.0. The van der Waals surface area contributed by atoms with Crippen molar-refractivity contribution in [3.05, 3.63) is 30.7 Å². The Balaban J connectivity index is 1.80. The summed E-state index contributed by atoms with van der Waals surface area (Å²) in [4.78, 5) is 4.35. The Hall–Kier alpha value is -1.89. The van der Waals surface area contributed by atoms with Gasteiger partial charge in [0.25, 0.3) is 0 Å². The average molecular weight is 336 g/mol.